The quantitative estimate of drug-likeness (QED) is 0.821. The van der Waals surface area contributed by atoms with Gasteiger partial charge >= 0.3 is 0 Å². The molecule has 0 bridgehead atoms. The molecule has 0 fully saturated rings. The molecule has 0 saturated carbocycles. The van der Waals surface area contributed by atoms with Gasteiger partial charge in [-0.2, -0.15) is 0 Å². The summed E-state index contributed by atoms with van der Waals surface area (Å²) in [5, 5.41) is 3.92. The highest BCUT2D eigenvalue weighted by molar-refractivity contribution is 14.1. The van der Waals surface area contributed by atoms with Crippen molar-refractivity contribution >= 4 is 45.8 Å². The molecule has 0 radical (unpaired) electrons. The molecule has 1 heterocycles. The van der Waals surface area contributed by atoms with Crippen LogP contribution in [0, 0.1) is 17.4 Å². The van der Waals surface area contributed by atoms with E-state index in [1.54, 1.807) is 0 Å². The maximum absolute atomic E-state index is 5.91. The predicted octanol–water partition coefficient (Wildman–Crippen LogP) is 4.10. The Hall–Kier alpha value is -0.880. The largest absolute Gasteiger partial charge is 0.323 e. The van der Waals surface area contributed by atoms with Gasteiger partial charge in [-0.3, -0.25) is 0 Å². The Bertz CT molecular complexity index is 537. The van der Waals surface area contributed by atoms with Gasteiger partial charge in [0.25, 0.3) is 0 Å². The Morgan fingerprint density at radius 2 is 1.76 bits per heavy atom. The summed E-state index contributed by atoms with van der Waals surface area (Å²) in [7, 11) is 0. The van der Waals surface area contributed by atoms with Gasteiger partial charge in [0.1, 0.15) is 0 Å². The molecule has 0 spiro atoms. The van der Waals surface area contributed by atoms with Gasteiger partial charge in [0.2, 0.25) is 5.95 Å². The van der Waals surface area contributed by atoms with Crippen LogP contribution in [0.4, 0.5) is 11.6 Å². The van der Waals surface area contributed by atoms with Gasteiger partial charge < -0.3 is 5.32 Å². The number of aryl methyl sites for hydroxylation is 2. The molecule has 5 heteroatoms. The number of nitrogens with one attached hydrogen (secondary N) is 1. The summed E-state index contributed by atoms with van der Waals surface area (Å²) in [6.07, 6.45) is 0. The minimum atomic E-state index is 0.614. The maximum Gasteiger partial charge on any atom is 0.227 e. The fourth-order valence-electron chi connectivity index (χ4n) is 1.49. The number of anilines is 2. The minimum absolute atomic E-state index is 0.614. The molecule has 2 rings (SSSR count). The van der Waals surface area contributed by atoms with Crippen LogP contribution < -0.4 is 5.32 Å². The molecule has 1 N–H and O–H groups in total. The lowest BCUT2D eigenvalue weighted by Crippen LogP contribution is -2.01. The van der Waals surface area contributed by atoms with E-state index in [-0.39, 0.29) is 0 Å². The smallest absolute Gasteiger partial charge is 0.227 e. The zero-order chi connectivity index (χ0) is 12.4. The minimum Gasteiger partial charge on any atom is -0.323 e. The molecule has 0 amide bonds. The van der Waals surface area contributed by atoms with Crippen molar-refractivity contribution in [3.05, 3.63) is 44.2 Å². The highest BCUT2D eigenvalue weighted by atomic mass is 127. The van der Waals surface area contributed by atoms with E-state index in [9.17, 15) is 0 Å². The summed E-state index contributed by atoms with van der Waals surface area (Å²) in [4.78, 5) is 8.67. The van der Waals surface area contributed by atoms with Gasteiger partial charge in [-0.05, 0) is 60.7 Å². The van der Waals surface area contributed by atoms with Crippen LogP contribution in [-0.2, 0) is 0 Å². The summed E-state index contributed by atoms with van der Waals surface area (Å²) < 4.78 is 1.04. The van der Waals surface area contributed by atoms with Crippen LogP contribution in [-0.4, -0.2) is 9.97 Å². The third-order valence-electron chi connectivity index (χ3n) is 2.16. The molecule has 88 valence electrons. The summed E-state index contributed by atoms with van der Waals surface area (Å²) in [6, 6.07) is 7.60. The van der Waals surface area contributed by atoms with Gasteiger partial charge in [0.15, 0.2) is 0 Å². The maximum atomic E-state index is 5.91. The fourth-order valence-corrected chi connectivity index (χ4v) is 2.50. The van der Waals surface area contributed by atoms with Gasteiger partial charge in [-0.15, -0.1) is 0 Å². The van der Waals surface area contributed by atoms with E-state index < -0.39 is 0 Å². The van der Waals surface area contributed by atoms with Crippen LogP contribution >= 0.6 is 34.2 Å². The number of nitrogens with zero attached hydrogens (tertiary/aromatic N) is 2. The monoisotopic (exact) mass is 359 g/mol. The number of benzene rings is 1. The summed E-state index contributed by atoms with van der Waals surface area (Å²) in [5.41, 5.74) is 2.85. The van der Waals surface area contributed by atoms with Crippen molar-refractivity contribution in [3.63, 3.8) is 0 Å². The van der Waals surface area contributed by atoms with Crippen LogP contribution in [0.5, 0.6) is 0 Å². The van der Waals surface area contributed by atoms with Gasteiger partial charge in [0.05, 0.1) is 5.69 Å². The van der Waals surface area contributed by atoms with Crippen LogP contribution in [0.2, 0.25) is 5.02 Å². The van der Waals surface area contributed by atoms with Crippen molar-refractivity contribution in [1.29, 1.82) is 0 Å². The molecular formula is C12H11ClIN3. The number of aromatic nitrogens is 2. The van der Waals surface area contributed by atoms with Crippen LogP contribution in [0.1, 0.15) is 11.4 Å². The van der Waals surface area contributed by atoms with Crippen molar-refractivity contribution in [2.75, 3.05) is 5.32 Å². The molecule has 2 aromatic rings. The molecule has 3 nitrogen and oxygen atoms in total. The standard InChI is InChI=1S/C12H11ClIN3/c1-7-5-8(2)16-12(15-7)17-11-4-3-9(13)6-10(11)14/h3-6H,1-2H3,(H,15,16,17). The first-order valence-electron chi connectivity index (χ1n) is 5.09. The SMILES string of the molecule is Cc1cc(C)nc(Nc2ccc(Cl)cc2I)n1. The van der Waals surface area contributed by atoms with Crippen molar-refractivity contribution in [2.24, 2.45) is 0 Å². The second-order valence-corrected chi connectivity index (χ2v) is 5.32. The highest BCUT2D eigenvalue weighted by Gasteiger charge is 2.04. The first kappa shape index (κ1) is 12.6. The van der Waals surface area contributed by atoms with E-state index in [0.29, 0.717) is 5.95 Å². The van der Waals surface area contributed by atoms with Crippen LogP contribution in [0.15, 0.2) is 24.3 Å². The van der Waals surface area contributed by atoms with Crippen molar-refractivity contribution in [2.45, 2.75) is 13.8 Å². The molecule has 0 atom stereocenters. The first-order chi connectivity index (χ1) is 8.04. The van der Waals surface area contributed by atoms with E-state index >= 15 is 0 Å². The molecule has 0 aliphatic carbocycles. The first-order valence-corrected chi connectivity index (χ1v) is 6.54. The number of hydrogen-bond acceptors (Lipinski definition) is 3. The third-order valence-corrected chi connectivity index (χ3v) is 3.29. The van der Waals surface area contributed by atoms with Gasteiger partial charge in [-0.25, -0.2) is 9.97 Å². The van der Waals surface area contributed by atoms with Crippen molar-refractivity contribution in [1.82, 2.24) is 9.97 Å². The van der Waals surface area contributed by atoms with E-state index in [2.05, 4.69) is 37.9 Å². The number of hydrogen-bond donors (Lipinski definition) is 1. The molecule has 1 aromatic carbocycles. The molecule has 0 aliphatic rings. The Morgan fingerprint density at radius 3 is 2.35 bits per heavy atom. The number of halogens is 2. The van der Waals surface area contributed by atoms with Crippen molar-refractivity contribution in [3.8, 4) is 0 Å². The normalized spacial score (nSPS) is 10.4. The third kappa shape index (κ3) is 3.29. The second-order valence-electron chi connectivity index (χ2n) is 3.72. The van der Waals surface area contributed by atoms with E-state index in [0.717, 1.165) is 25.7 Å². The van der Waals surface area contributed by atoms with Gasteiger partial charge in [0, 0.05) is 20.0 Å². The lowest BCUT2D eigenvalue weighted by molar-refractivity contribution is 1.06. The average molecular weight is 360 g/mol. The van der Waals surface area contributed by atoms with E-state index in [1.807, 2.05) is 38.1 Å². The second kappa shape index (κ2) is 5.18. The number of rotatable bonds is 2. The topological polar surface area (TPSA) is 37.8 Å². The predicted molar refractivity (Wildman–Crippen MR) is 79.0 cm³/mol. The molecule has 0 aliphatic heterocycles. The molecule has 0 unspecified atom stereocenters. The Balaban J connectivity index is 2.31. The van der Waals surface area contributed by atoms with E-state index in [1.165, 1.54) is 0 Å². The van der Waals surface area contributed by atoms with Crippen molar-refractivity contribution < 1.29 is 0 Å². The average Bonchev–Trinajstić information content (AvgIpc) is 2.21. The summed E-state index contributed by atoms with van der Waals surface area (Å²) in [6.45, 7) is 3.90. The summed E-state index contributed by atoms with van der Waals surface area (Å²) >= 11 is 8.13. The van der Waals surface area contributed by atoms with E-state index in [4.69, 9.17) is 11.6 Å². The lowest BCUT2D eigenvalue weighted by Gasteiger charge is -2.08. The molecule has 0 saturated heterocycles. The fraction of sp³-hybridized carbons (Fsp3) is 0.167. The molecule has 17 heavy (non-hydrogen) atoms. The zero-order valence-corrected chi connectivity index (χ0v) is 12.4. The molecular weight excluding hydrogens is 349 g/mol. The van der Waals surface area contributed by atoms with Crippen LogP contribution in [0.25, 0.3) is 0 Å². The Labute approximate surface area is 119 Å². The van der Waals surface area contributed by atoms with Gasteiger partial charge in [-0.1, -0.05) is 11.6 Å². The van der Waals surface area contributed by atoms with Crippen LogP contribution in [0.3, 0.4) is 0 Å². The Kier molecular flexibility index (Phi) is 3.83. The summed E-state index contributed by atoms with van der Waals surface area (Å²) in [5.74, 6) is 0.614. The Morgan fingerprint density at radius 1 is 1.12 bits per heavy atom. The lowest BCUT2D eigenvalue weighted by atomic mass is 10.3. The highest BCUT2D eigenvalue weighted by Crippen LogP contribution is 2.24. The molecule has 1 aromatic heterocycles. The zero-order valence-electron chi connectivity index (χ0n) is 9.46.